The van der Waals surface area contributed by atoms with Crippen LogP contribution < -0.4 is 4.74 Å². The van der Waals surface area contributed by atoms with Gasteiger partial charge in [-0.15, -0.1) is 10.2 Å². The molecule has 0 aliphatic rings. The standard InChI is InChI=1S/C19H14Cl2N2O4S/c1-11-22-23-19(27-11)28-17(18(24)25)8-12-2-6-15(7-3-12)26-10-13-4-5-14(20)9-16(13)21/h2-9H,10H2,1H3,(H,24,25)/b17-8-. The molecule has 0 saturated carbocycles. The number of carbonyl (C=O) groups is 1. The molecule has 0 fully saturated rings. The van der Waals surface area contributed by atoms with Crippen molar-refractivity contribution in [1.82, 2.24) is 10.2 Å². The molecule has 28 heavy (non-hydrogen) atoms. The molecule has 0 aliphatic carbocycles. The van der Waals surface area contributed by atoms with Gasteiger partial charge in [0.2, 0.25) is 5.89 Å². The molecule has 3 rings (SSSR count). The molecule has 1 N–H and O–H groups in total. The third-order valence-electron chi connectivity index (χ3n) is 3.50. The number of halogens is 2. The average Bonchev–Trinajstić information content (AvgIpc) is 3.06. The highest BCUT2D eigenvalue weighted by molar-refractivity contribution is 8.03. The molecule has 0 amide bonds. The van der Waals surface area contributed by atoms with Gasteiger partial charge in [0, 0.05) is 22.5 Å². The lowest BCUT2D eigenvalue weighted by atomic mass is 10.2. The van der Waals surface area contributed by atoms with E-state index < -0.39 is 5.97 Å². The van der Waals surface area contributed by atoms with E-state index in [0.717, 1.165) is 17.3 Å². The minimum Gasteiger partial charge on any atom is -0.489 e. The van der Waals surface area contributed by atoms with Gasteiger partial charge in [-0.3, -0.25) is 0 Å². The summed E-state index contributed by atoms with van der Waals surface area (Å²) in [5.41, 5.74) is 1.51. The van der Waals surface area contributed by atoms with E-state index in [1.54, 1.807) is 49.4 Å². The van der Waals surface area contributed by atoms with Gasteiger partial charge in [0.1, 0.15) is 17.3 Å². The highest BCUT2D eigenvalue weighted by atomic mass is 35.5. The number of rotatable bonds is 7. The summed E-state index contributed by atoms with van der Waals surface area (Å²) in [7, 11) is 0. The number of ether oxygens (including phenoxy) is 1. The first-order chi connectivity index (χ1) is 13.4. The summed E-state index contributed by atoms with van der Waals surface area (Å²) < 4.78 is 10.9. The van der Waals surface area contributed by atoms with Crippen LogP contribution in [-0.2, 0) is 11.4 Å². The number of benzene rings is 2. The summed E-state index contributed by atoms with van der Waals surface area (Å²) in [4.78, 5) is 11.5. The van der Waals surface area contributed by atoms with Crippen molar-refractivity contribution in [3.63, 3.8) is 0 Å². The van der Waals surface area contributed by atoms with Crippen LogP contribution in [0, 0.1) is 6.92 Å². The molecule has 1 aromatic heterocycles. The Kier molecular flexibility index (Phi) is 6.61. The minimum absolute atomic E-state index is 0.0604. The quantitative estimate of drug-likeness (QED) is 0.387. The zero-order chi connectivity index (χ0) is 20.1. The summed E-state index contributed by atoms with van der Waals surface area (Å²) in [6.45, 7) is 1.93. The Bertz CT molecular complexity index is 1020. The predicted molar refractivity (Wildman–Crippen MR) is 108 cm³/mol. The topological polar surface area (TPSA) is 85.5 Å². The first-order valence-electron chi connectivity index (χ1n) is 8.00. The summed E-state index contributed by atoms with van der Waals surface area (Å²) in [5, 5.41) is 18.1. The fraction of sp³-hybridized carbons (Fsp3) is 0.105. The van der Waals surface area contributed by atoms with Crippen LogP contribution >= 0.6 is 35.0 Å². The van der Waals surface area contributed by atoms with Gasteiger partial charge in [0.25, 0.3) is 5.22 Å². The monoisotopic (exact) mass is 436 g/mol. The largest absolute Gasteiger partial charge is 0.489 e. The van der Waals surface area contributed by atoms with Crippen molar-refractivity contribution < 1.29 is 19.1 Å². The SMILES string of the molecule is Cc1nnc(S/C(=C\c2ccc(OCc3ccc(Cl)cc3Cl)cc2)C(=O)O)o1. The Labute approximate surface area is 175 Å². The van der Waals surface area contributed by atoms with Crippen LogP contribution in [0.1, 0.15) is 17.0 Å². The summed E-state index contributed by atoms with van der Waals surface area (Å²) in [6, 6.07) is 12.2. The molecule has 2 aromatic carbocycles. The van der Waals surface area contributed by atoms with Gasteiger partial charge >= 0.3 is 5.97 Å². The molecule has 0 spiro atoms. The second-order valence-electron chi connectivity index (χ2n) is 5.60. The van der Waals surface area contributed by atoms with Crippen molar-refractivity contribution in [2.45, 2.75) is 18.8 Å². The molecule has 9 heteroatoms. The van der Waals surface area contributed by atoms with Gasteiger partial charge in [0.05, 0.1) is 0 Å². The maximum Gasteiger partial charge on any atom is 0.342 e. The lowest BCUT2D eigenvalue weighted by Crippen LogP contribution is -1.97. The molecule has 144 valence electrons. The van der Waals surface area contributed by atoms with Gasteiger partial charge in [-0.1, -0.05) is 41.4 Å². The Morgan fingerprint density at radius 3 is 2.57 bits per heavy atom. The molecule has 0 atom stereocenters. The van der Waals surface area contributed by atoms with Crippen molar-refractivity contribution in [1.29, 1.82) is 0 Å². The second kappa shape index (κ2) is 9.14. The number of carboxylic acids is 1. The lowest BCUT2D eigenvalue weighted by Gasteiger charge is -2.08. The molecule has 0 bridgehead atoms. The van der Waals surface area contributed by atoms with E-state index in [9.17, 15) is 9.90 Å². The fourth-order valence-electron chi connectivity index (χ4n) is 2.16. The van der Waals surface area contributed by atoms with Crippen molar-refractivity contribution in [3.05, 3.63) is 74.4 Å². The Balaban J connectivity index is 1.68. The number of aryl methyl sites for hydroxylation is 1. The maximum atomic E-state index is 11.5. The number of thioether (sulfide) groups is 1. The van der Waals surface area contributed by atoms with Crippen molar-refractivity contribution in [2.75, 3.05) is 0 Å². The lowest BCUT2D eigenvalue weighted by molar-refractivity contribution is -0.131. The average molecular weight is 437 g/mol. The fourth-order valence-corrected chi connectivity index (χ4v) is 3.34. The third kappa shape index (κ3) is 5.51. The van der Waals surface area contributed by atoms with E-state index in [-0.39, 0.29) is 16.7 Å². The molecule has 0 unspecified atom stereocenters. The Hall–Kier alpha value is -2.48. The highest BCUT2D eigenvalue weighted by Gasteiger charge is 2.14. The van der Waals surface area contributed by atoms with E-state index in [0.29, 0.717) is 27.2 Å². The second-order valence-corrected chi connectivity index (χ2v) is 7.43. The van der Waals surface area contributed by atoms with E-state index in [1.165, 1.54) is 6.08 Å². The van der Waals surface area contributed by atoms with Crippen LogP contribution in [0.5, 0.6) is 5.75 Å². The first kappa shape index (κ1) is 20.3. The molecule has 0 saturated heterocycles. The van der Waals surface area contributed by atoms with Gasteiger partial charge in [-0.25, -0.2) is 4.79 Å². The van der Waals surface area contributed by atoms with Crippen molar-refractivity contribution >= 4 is 47.0 Å². The summed E-state index contributed by atoms with van der Waals surface area (Å²) in [6.07, 6.45) is 1.52. The summed E-state index contributed by atoms with van der Waals surface area (Å²) >= 11 is 12.9. The van der Waals surface area contributed by atoms with Crippen LogP contribution in [-0.4, -0.2) is 21.3 Å². The van der Waals surface area contributed by atoms with Gasteiger partial charge in [-0.05, 0) is 47.7 Å². The summed E-state index contributed by atoms with van der Waals surface area (Å²) in [5.74, 6) is -0.0895. The van der Waals surface area contributed by atoms with E-state index in [2.05, 4.69) is 10.2 Å². The first-order valence-corrected chi connectivity index (χ1v) is 9.57. The zero-order valence-electron chi connectivity index (χ0n) is 14.6. The molecule has 6 nitrogen and oxygen atoms in total. The van der Waals surface area contributed by atoms with Crippen LogP contribution in [0.3, 0.4) is 0 Å². The van der Waals surface area contributed by atoms with Crippen LogP contribution in [0.2, 0.25) is 10.0 Å². The van der Waals surface area contributed by atoms with E-state index >= 15 is 0 Å². The van der Waals surface area contributed by atoms with E-state index in [1.807, 2.05) is 0 Å². The minimum atomic E-state index is -1.08. The number of carboxylic acid groups (broad SMARTS) is 1. The molecular weight excluding hydrogens is 423 g/mol. The Morgan fingerprint density at radius 2 is 1.96 bits per heavy atom. The van der Waals surface area contributed by atoms with Crippen LogP contribution in [0.4, 0.5) is 0 Å². The van der Waals surface area contributed by atoms with Crippen molar-refractivity contribution in [2.24, 2.45) is 0 Å². The number of aromatic nitrogens is 2. The van der Waals surface area contributed by atoms with Gasteiger partial charge in [0.15, 0.2) is 0 Å². The van der Waals surface area contributed by atoms with Gasteiger partial charge < -0.3 is 14.3 Å². The number of hydrogen-bond acceptors (Lipinski definition) is 6. The molecular formula is C19H14Cl2N2O4S. The highest BCUT2D eigenvalue weighted by Crippen LogP contribution is 2.28. The normalized spacial score (nSPS) is 11.5. The molecule has 1 heterocycles. The predicted octanol–water partition coefficient (Wildman–Crippen LogP) is 5.48. The molecule has 0 aliphatic heterocycles. The smallest absolute Gasteiger partial charge is 0.342 e. The van der Waals surface area contributed by atoms with Gasteiger partial charge in [-0.2, -0.15) is 0 Å². The maximum absolute atomic E-state index is 11.5. The Morgan fingerprint density at radius 1 is 1.21 bits per heavy atom. The number of nitrogens with zero attached hydrogens (tertiary/aromatic N) is 2. The van der Waals surface area contributed by atoms with Crippen LogP contribution in [0.25, 0.3) is 6.08 Å². The van der Waals surface area contributed by atoms with Crippen LogP contribution in [0.15, 0.2) is 57.0 Å². The molecule has 0 radical (unpaired) electrons. The van der Waals surface area contributed by atoms with E-state index in [4.69, 9.17) is 32.4 Å². The third-order valence-corrected chi connectivity index (χ3v) is 4.94. The molecule has 3 aromatic rings. The van der Waals surface area contributed by atoms with Crippen molar-refractivity contribution in [3.8, 4) is 5.75 Å². The zero-order valence-corrected chi connectivity index (χ0v) is 16.9. The number of aliphatic carboxylic acids is 1. The number of hydrogen-bond donors (Lipinski definition) is 1.